The molecule has 4 heterocycles. The zero-order valence-corrected chi connectivity index (χ0v) is 21.2. The Morgan fingerprint density at radius 3 is 2.39 bits per heavy atom. The van der Waals surface area contributed by atoms with Crippen LogP contribution in [0.25, 0.3) is 0 Å². The summed E-state index contributed by atoms with van der Waals surface area (Å²) in [4.78, 5) is 50.4. The molecule has 3 fully saturated rings. The highest BCUT2D eigenvalue weighted by molar-refractivity contribution is 6.06. The van der Waals surface area contributed by atoms with E-state index in [4.69, 9.17) is 4.74 Å². The molecule has 0 bridgehead atoms. The van der Waals surface area contributed by atoms with Crippen LogP contribution < -0.4 is 20.0 Å². The first-order valence-electron chi connectivity index (χ1n) is 12.3. The molecule has 10 heteroatoms. The van der Waals surface area contributed by atoms with Crippen molar-refractivity contribution in [1.29, 1.82) is 0 Å². The summed E-state index contributed by atoms with van der Waals surface area (Å²) in [6.07, 6.45) is 1.43. The van der Waals surface area contributed by atoms with Gasteiger partial charge in [0.2, 0.25) is 0 Å². The third-order valence-corrected chi connectivity index (χ3v) is 6.85. The molecule has 0 spiro atoms. The number of amides is 4. The Hall–Kier alpha value is -3.82. The molecule has 3 saturated heterocycles. The van der Waals surface area contributed by atoms with Gasteiger partial charge in [0, 0.05) is 51.2 Å². The lowest BCUT2D eigenvalue weighted by atomic mass is 10.1. The average molecular weight is 493 g/mol. The Kier molecular flexibility index (Phi) is 5.97. The highest BCUT2D eigenvalue weighted by Gasteiger charge is 2.39. The lowest BCUT2D eigenvalue weighted by molar-refractivity contribution is 0.0746. The van der Waals surface area contributed by atoms with Crippen LogP contribution in [0.5, 0.6) is 0 Å². The number of nitrogens with zero attached hydrogens (tertiary/aromatic N) is 5. The molecule has 0 atom stereocenters. The molecular formula is C26H32N6O4. The molecule has 1 aromatic carbocycles. The number of urea groups is 1. The molecule has 36 heavy (non-hydrogen) atoms. The fraction of sp³-hybridized carbons (Fsp3) is 0.462. The van der Waals surface area contributed by atoms with Gasteiger partial charge in [-0.1, -0.05) is 6.07 Å². The quantitative estimate of drug-likeness (QED) is 0.705. The summed E-state index contributed by atoms with van der Waals surface area (Å²) in [6.45, 7) is 11.6. The number of hydrogen-bond donors (Lipinski definition) is 1. The summed E-state index contributed by atoms with van der Waals surface area (Å²) in [6, 6.07) is 7.08. The fourth-order valence-electron chi connectivity index (χ4n) is 5.09. The van der Waals surface area contributed by atoms with E-state index >= 15 is 0 Å². The highest BCUT2D eigenvalue weighted by atomic mass is 16.6. The van der Waals surface area contributed by atoms with Crippen LogP contribution in [0.1, 0.15) is 35.3 Å². The number of carbonyl (C=O) groups excluding carboxylic acids is 3. The number of ether oxygens (including phenoxy) is 1. The largest absolute Gasteiger partial charge is 0.441 e. The summed E-state index contributed by atoms with van der Waals surface area (Å²) in [5, 5.41) is 2.80. The summed E-state index contributed by atoms with van der Waals surface area (Å²) in [5.41, 5.74) is 3.18. The van der Waals surface area contributed by atoms with Crippen molar-refractivity contribution in [3.05, 3.63) is 47.2 Å². The monoisotopic (exact) mass is 492 g/mol. The summed E-state index contributed by atoms with van der Waals surface area (Å²) in [7, 11) is 0. The van der Waals surface area contributed by atoms with Gasteiger partial charge in [0.1, 0.15) is 11.4 Å². The SMILES string of the molecule is Cc1cnc(N2CCN(C(=O)c3ccc(N4CC(C)(C)OC4=O)cc3N3CCNC3=O)CC2)c(C)c1. The van der Waals surface area contributed by atoms with Crippen molar-refractivity contribution in [1.82, 2.24) is 15.2 Å². The number of hydrogen-bond acceptors (Lipinski definition) is 6. The number of nitrogens with one attached hydrogen (secondary N) is 1. The Morgan fingerprint density at radius 1 is 1.03 bits per heavy atom. The molecule has 0 aliphatic carbocycles. The van der Waals surface area contributed by atoms with Crippen LogP contribution in [0.15, 0.2) is 30.5 Å². The second-order valence-corrected chi connectivity index (χ2v) is 10.2. The van der Waals surface area contributed by atoms with Gasteiger partial charge in [-0.25, -0.2) is 14.6 Å². The van der Waals surface area contributed by atoms with Crippen LogP contribution in [0.3, 0.4) is 0 Å². The first kappa shape index (κ1) is 23.9. The van der Waals surface area contributed by atoms with Gasteiger partial charge >= 0.3 is 12.1 Å². The minimum atomic E-state index is -0.610. The van der Waals surface area contributed by atoms with Crippen molar-refractivity contribution in [3.8, 4) is 0 Å². The van der Waals surface area contributed by atoms with Crippen molar-refractivity contribution in [3.63, 3.8) is 0 Å². The lowest BCUT2D eigenvalue weighted by Gasteiger charge is -2.36. The van der Waals surface area contributed by atoms with Crippen molar-refractivity contribution >= 4 is 35.2 Å². The Labute approximate surface area is 210 Å². The number of aryl methyl sites for hydroxylation is 2. The maximum Gasteiger partial charge on any atom is 0.415 e. The third kappa shape index (κ3) is 4.43. The summed E-state index contributed by atoms with van der Waals surface area (Å²) < 4.78 is 5.45. The molecule has 3 aliphatic rings. The van der Waals surface area contributed by atoms with Crippen LogP contribution in [0.4, 0.5) is 26.8 Å². The predicted octanol–water partition coefficient (Wildman–Crippen LogP) is 2.93. The number of benzene rings is 1. The Bertz CT molecular complexity index is 1220. The van der Waals surface area contributed by atoms with Gasteiger partial charge in [-0.2, -0.15) is 0 Å². The normalized spacial score (nSPS) is 19.6. The topological polar surface area (TPSA) is 98.3 Å². The van der Waals surface area contributed by atoms with Crippen LogP contribution in [-0.4, -0.2) is 79.3 Å². The van der Waals surface area contributed by atoms with E-state index in [9.17, 15) is 14.4 Å². The van der Waals surface area contributed by atoms with E-state index in [1.165, 1.54) is 0 Å². The molecule has 0 saturated carbocycles. The van der Waals surface area contributed by atoms with Gasteiger partial charge in [-0.05, 0) is 57.0 Å². The minimum Gasteiger partial charge on any atom is -0.441 e. The maximum atomic E-state index is 13.7. The summed E-state index contributed by atoms with van der Waals surface area (Å²) >= 11 is 0. The van der Waals surface area contributed by atoms with Gasteiger partial charge in [0.15, 0.2) is 0 Å². The van der Waals surface area contributed by atoms with E-state index in [2.05, 4.69) is 28.2 Å². The third-order valence-electron chi connectivity index (χ3n) is 6.85. The van der Waals surface area contributed by atoms with Crippen LogP contribution in [0.2, 0.25) is 0 Å². The van der Waals surface area contributed by atoms with Crippen molar-refractivity contribution in [2.24, 2.45) is 0 Å². The number of piperazine rings is 1. The smallest absolute Gasteiger partial charge is 0.415 e. The van der Waals surface area contributed by atoms with Crippen molar-refractivity contribution < 1.29 is 19.1 Å². The molecule has 0 radical (unpaired) electrons. The number of cyclic esters (lactones) is 1. The van der Waals surface area contributed by atoms with E-state index in [1.54, 1.807) is 28.0 Å². The molecule has 5 rings (SSSR count). The number of anilines is 3. The van der Waals surface area contributed by atoms with Gasteiger partial charge < -0.3 is 19.9 Å². The standard InChI is InChI=1S/C26H32N6O4/c1-17-13-18(2)22(28-15-17)29-9-11-30(12-10-29)23(33)20-6-5-19(32-16-26(3,4)36-25(32)35)14-21(20)31-8-7-27-24(31)34/h5-6,13-15H,7-12,16H2,1-4H3,(H,27,34). The molecule has 1 N–H and O–H groups in total. The highest BCUT2D eigenvalue weighted by Crippen LogP contribution is 2.33. The first-order valence-corrected chi connectivity index (χ1v) is 12.3. The van der Waals surface area contributed by atoms with E-state index in [0.29, 0.717) is 62.8 Å². The number of carbonyl (C=O) groups is 3. The van der Waals surface area contributed by atoms with Gasteiger partial charge in [0.05, 0.1) is 17.8 Å². The molecule has 0 unspecified atom stereocenters. The Morgan fingerprint density at radius 2 is 1.78 bits per heavy atom. The predicted molar refractivity (Wildman–Crippen MR) is 137 cm³/mol. The van der Waals surface area contributed by atoms with Crippen molar-refractivity contribution in [2.45, 2.75) is 33.3 Å². The average Bonchev–Trinajstić information content (AvgIpc) is 3.39. The van der Waals surface area contributed by atoms with E-state index in [1.807, 2.05) is 31.9 Å². The Balaban J connectivity index is 1.39. The fourth-order valence-corrected chi connectivity index (χ4v) is 5.09. The van der Waals surface area contributed by atoms with Gasteiger partial charge in [0.25, 0.3) is 5.91 Å². The molecule has 10 nitrogen and oxygen atoms in total. The van der Waals surface area contributed by atoms with Crippen LogP contribution >= 0.6 is 0 Å². The van der Waals surface area contributed by atoms with Gasteiger partial charge in [-0.3, -0.25) is 14.6 Å². The second-order valence-electron chi connectivity index (χ2n) is 10.2. The van der Waals surface area contributed by atoms with E-state index < -0.39 is 11.7 Å². The lowest BCUT2D eigenvalue weighted by Crippen LogP contribution is -2.49. The van der Waals surface area contributed by atoms with Crippen LogP contribution in [-0.2, 0) is 4.74 Å². The molecule has 2 aromatic rings. The summed E-state index contributed by atoms with van der Waals surface area (Å²) in [5.74, 6) is 0.820. The minimum absolute atomic E-state index is 0.131. The second kappa shape index (κ2) is 9.00. The molecule has 4 amide bonds. The number of pyridine rings is 1. The zero-order valence-electron chi connectivity index (χ0n) is 21.2. The molecular weight excluding hydrogens is 460 g/mol. The number of aromatic nitrogens is 1. The van der Waals surface area contributed by atoms with Crippen LogP contribution in [0, 0.1) is 13.8 Å². The molecule has 190 valence electrons. The maximum absolute atomic E-state index is 13.7. The van der Waals surface area contributed by atoms with Gasteiger partial charge in [-0.15, -0.1) is 0 Å². The molecule has 3 aliphatic heterocycles. The number of rotatable bonds is 4. The first-order chi connectivity index (χ1) is 17.1. The van der Waals surface area contributed by atoms with Crippen molar-refractivity contribution in [2.75, 3.05) is 60.5 Å². The van der Waals surface area contributed by atoms with E-state index in [-0.39, 0.29) is 11.9 Å². The molecule has 1 aromatic heterocycles. The van der Waals surface area contributed by atoms with E-state index in [0.717, 1.165) is 16.9 Å². The zero-order chi connectivity index (χ0) is 25.6.